The molecule has 0 unspecified atom stereocenters. The minimum Gasteiger partial charge on any atom is -0.474 e. The highest BCUT2D eigenvalue weighted by atomic mass is 16.5. The molecule has 0 bridgehead atoms. The van der Waals surface area contributed by atoms with E-state index in [1.165, 1.54) is 12.8 Å². The third kappa shape index (κ3) is 5.10. The van der Waals surface area contributed by atoms with Crippen molar-refractivity contribution in [2.24, 2.45) is 0 Å². The van der Waals surface area contributed by atoms with E-state index in [9.17, 15) is 4.79 Å². The Hall–Kier alpha value is -3.42. The van der Waals surface area contributed by atoms with E-state index < -0.39 is 0 Å². The van der Waals surface area contributed by atoms with Crippen molar-refractivity contribution >= 4 is 11.7 Å². The van der Waals surface area contributed by atoms with Crippen molar-refractivity contribution in [2.75, 3.05) is 18.4 Å². The number of pyridine rings is 1. The van der Waals surface area contributed by atoms with Crippen LogP contribution in [0.3, 0.4) is 0 Å². The van der Waals surface area contributed by atoms with Crippen molar-refractivity contribution in [1.29, 1.82) is 0 Å². The van der Waals surface area contributed by atoms with Crippen LogP contribution in [0.1, 0.15) is 36.0 Å². The molecule has 0 atom stereocenters. The molecule has 4 rings (SSSR count). The smallest absolute Gasteiger partial charge is 0.252 e. The number of nitrogens with one attached hydrogen (secondary N) is 2. The van der Waals surface area contributed by atoms with Gasteiger partial charge in [-0.15, -0.1) is 10.2 Å². The molecule has 0 aromatic carbocycles. The SMILES string of the molecule is O=C(NCCNc1ccc(-n2cccc2)nn1)c1ccc(OC2CCCC2)nc1. The van der Waals surface area contributed by atoms with Crippen LogP contribution in [0.5, 0.6) is 5.88 Å². The van der Waals surface area contributed by atoms with Crippen LogP contribution < -0.4 is 15.4 Å². The summed E-state index contributed by atoms with van der Waals surface area (Å²) in [6.07, 6.45) is 10.2. The van der Waals surface area contributed by atoms with Crippen molar-refractivity contribution in [1.82, 2.24) is 25.1 Å². The van der Waals surface area contributed by atoms with Gasteiger partial charge in [-0.25, -0.2) is 4.98 Å². The van der Waals surface area contributed by atoms with E-state index in [2.05, 4.69) is 25.8 Å². The molecule has 29 heavy (non-hydrogen) atoms. The van der Waals surface area contributed by atoms with Crippen LogP contribution >= 0.6 is 0 Å². The van der Waals surface area contributed by atoms with Gasteiger partial charge in [-0.1, -0.05) is 0 Å². The molecule has 1 aliphatic rings. The molecule has 0 spiro atoms. The molecule has 1 fully saturated rings. The molecule has 1 amide bonds. The zero-order chi connectivity index (χ0) is 19.9. The van der Waals surface area contributed by atoms with Crippen molar-refractivity contribution < 1.29 is 9.53 Å². The number of carbonyl (C=O) groups excluding carboxylic acids is 1. The van der Waals surface area contributed by atoms with Crippen molar-refractivity contribution in [3.63, 3.8) is 0 Å². The van der Waals surface area contributed by atoms with Gasteiger partial charge in [0.1, 0.15) is 11.9 Å². The molecule has 150 valence electrons. The molecule has 8 nitrogen and oxygen atoms in total. The van der Waals surface area contributed by atoms with E-state index in [4.69, 9.17) is 4.74 Å². The largest absolute Gasteiger partial charge is 0.474 e. The van der Waals surface area contributed by atoms with E-state index in [0.29, 0.717) is 30.4 Å². The maximum atomic E-state index is 12.2. The average Bonchev–Trinajstić information content (AvgIpc) is 3.46. The fourth-order valence-electron chi connectivity index (χ4n) is 3.27. The highest BCUT2D eigenvalue weighted by Gasteiger charge is 2.17. The fourth-order valence-corrected chi connectivity index (χ4v) is 3.27. The zero-order valence-electron chi connectivity index (χ0n) is 16.1. The second kappa shape index (κ2) is 9.18. The van der Waals surface area contributed by atoms with Crippen LogP contribution in [-0.2, 0) is 0 Å². The Kier molecular flexibility index (Phi) is 5.99. The maximum Gasteiger partial charge on any atom is 0.252 e. The van der Waals surface area contributed by atoms with E-state index in [0.717, 1.165) is 18.7 Å². The molecule has 3 aromatic heterocycles. The first-order valence-electron chi connectivity index (χ1n) is 9.90. The van der Waals surface area contributed by atoms with Crippen molar-refractivity contribution in [3.8, 4) is 11.7 Å². The van der Waals surface area contributed by atoms with Crippen LogP contribution in [0.4, 0.5) is 5.82 Å². The van der Waals surface area contributed by atoms with Crippen LogP contribution in [0, 0.1) is 0 Å². The Morgan fingerprint density at radius 3 is 2.59 bits per heavy atom. The monoisotopic (exact) mass is 392 g/mol. The molecule has 3 aromatic rings. The van der Waals surface area contributed by atoms with Gasteiger partial charge in [-0.3, -0.25) is 4.79 Å². The number of hydrogen-bond donors (Lipinski definition) is 2. The Bertz CT molecular complexity index is 903. The Morgan fingerprint density at radius 1 is 1.07 bits per heavy atom. The third-order valence-electron chi connectivity index (χ3n) is 4.82. The lowest BCUT2D eigenvalue weighted by molar-refractivity contribution is 0.0954. The third-order valence-corrected chi connectivity index (χ3v) is 4.82. The molecule has 0 saturated heterocycles. The fraction of sp³-hybridized carbons (Fsp3) is 0.333. The van der Waals surface area contributed by atoms with Gasteiger partial charge in [-0.05, 0) is 56.0 Å². The van der Waals surface area contributed by atoms with Crippen LogP contribution in [-0.4, -0.2) is 44.8 Å². The summed E-state index contributed by atoms with van der Waals surface area (Å²) in [6, 6.07) is 11.1. The molecule has 0 radical (unpaired) electrons. The summed E-state index contributed by atoms with van der Waals surface area (Å²) in [4.78, 5) is 16.5. The molecule has 1 aliphatic carbocycles. The van der Waals surface area contributed by atoms with Crippen molar-refractivity contribution in [2.45, 2.75) is 31.8 Å². The first-order valence-corrected chi connectivity index (χ1v) is 9.90. The second-order valence-electron chi connectivity index (χ2n) is 6.96. The van der Waals surface area contributed by atoms with E-state index in [1.807, 2.05) is 41.2 Å². The predicted molar refractivity (Wildman–Crippen MR) is 109 cm³/mol. The van der Waals surface area contributed by atoms with E-state index in [-0.39, 0.29) is 12.0 Å². The van der Waals surface area contributed by atoms with E-state index >= 15 is 0 Å². The quantitative estimate of drug-likeness (QED) is 0.573. The Balaban J connectivity index is 1.19. The number of nitrogens with zero attached hydrogens (tertiary/aromatic N) is 4. The number of amides is 1. The number of aromatic nitrogens is 4. The number of rotatable bonds is 8. The minimum absolute atomic E-state index is 0.166. The van der Waals surface area contributed by atoms with Gasteiger partial charge in [0.05, 0.1) is 5.56 Å². The summed E-state index contributed by atoms with van der Waals surface area (Å²) in [5, 5.41) is 14.3. The topological polar surface area (TPSA) is 94.0 Å². The van der Waals surface area contributed by atoms with Crippen LogP contribution in [0.15, 0.2) is 55.0 Å². The van der Waals surface area contributed by atoms with Crippen LogP contribution in [0.25, 0.3) is 5.82 Å². The average molecular weight is 392 g/mol. The summed E-state index contributed by atoms with van der Waals surface area (Å²) in [7, 11) is 0. The van der Waals surface area contributed by atoms with E-state index in [1.54, 1.807) is 18.3 Å². The normalized spacial score (nSPS) is 13.9. The molecule has 3 heterocycles. The molecule has 0 aliphatic heterocycles. The van der Waals surface area contributed by atoms with Gasteiger partial charge in [0.15, 0.2) is 5.82 Å². The number of hydrogen-bond acceptors (Lipinski definition) is 6. The first kappa shape index (κ1) is 18.9. The standard InChI is InChI=1S/C21H24N6O2/c28-21(16-7-10-20(24-15-16)29-17-5-1-2-6-17)23-12-11-22-18-8-9-19(26-25-18)27-13-3-4-14-27/h3-4,7-10,13-15,17H,1-2,5-6,11-12H2,(H,22,25)(H,23,28). The van der Waals surface area contributed by atoms with Gasteiger partial charge in [0.25, 0.3) is 5.91 Å². The van der Waals surface area contributed by atoms with Gasteiger partial charge in [0.2, 0.25) is 5.88 Å². The molecule has 2 N–H and O–H groups in total. The van der Waals surface area contributed by atoms with Gasteiger partial charge >= 0.3 is 0 Å². The Morgan fingerprint density at radius 2 is 1.90 bits per heavy atom. The lowest BCUT2D eigenvalue weighted by Crippen LogP contribution is -2.29. The van der Waals surface area contributed by atoms with Crippen molar-refractivity contribution in [3.05, 3.63) is 60.6 Å². The number of ether oxygens (including phenoxy) is 1. The lowest BCUT2D eigenvalue weighted by Gasteiger charge is -2.12. The molecular formula is C21H24N6O2. The predicted octanol–water partition coefficient (Wildman–Crippen LogP) is 2.83. The second-order valence-corrected chi connectivity index (χ2v) is 6.96. The Labute approximate surface area is 169 Å². The van der Waals surface area contributed by atoms with Gasteiger partial charge in [-0.2, -0.15) is 0 Å². The summed E-state index contributed by atoms with van der Waals surface area (Å²) in [6.45, 7) is 1.000. The lowest BCUT2D eigenvalue weighted by atomic mass is 10.2. The molecular weight excluding hydrogens is 368 g/mol. The molecule has 8 heteroatoms. The zero-order valence-corrected chi connectivity index (χ0v) is 16.1. The highest BCUT2D eigenvalue weighted by molar-refractivity contribution is 5.93. The maximum absolute atomic E-state index is 12.2. The number of anilines is 1. The summed E-state index contributed by atoms with van der Waals surface area (Å²) < 4.78 is 7.71. The summed E-state index contributed by atoms with van der Waals surface area (Å²) >= 11 is 0. The first-order chi connectivity index (χ1) is 14.3. The van der Waals surface area contributed by atoms with Gasteiger partial charge in [0, 0.05) is 37.7 Å². The van der Waals surface area contributed by atoms with Crippen LogP contribution in [0.2, 0.25) is 0 Å². The van der Waals surface area contributed by atoms with Gasteiger partial charge < -0.3 is 19.9 Å². The number of carbonyl (C=O) groups is 1. The summed E-state index contributed by atoms with van der Waals surface area (Å²) in [5.41, 5.74) is 0.514. The highest BCUT2D eigenvalue weighted by Crippen LogP contribution is 2.22. The minimum atomic E-state index is -0.166. The molecule has 1 saturated carbocycles. The summed E-state index contributed by atoms with van der Waals surface area (Å²) in [5.74, 6) is 1.82.